The van der Waals surface area contributed by atoms with Crippen molar-refractivity contribution in [1.29, 1.82) is 0 Å². The van der Waals surface area contributed by atoms with Gasteiger partial charge in [0.05, 0.1) is 5.56 Å². The maximum atomic E-state index is 11.4. The van der Waals surface area contributed by atoms with Crippen molar-refractivity contribution in [3.8, 4) is 0 Å². The van der Waals surface area contributed by atoms with Gasteiger partial charge in [-0.3, -0.25) is 4.90 Å². The Morgan fingerprint density at radius 3 is 2.48 bits per heavy atom. The molecule has 0 atom stereocenters. The lowest BCUT2D eigenvalue weighted by atomic mass is 9.77. The lowest BCUT2D eigenvalue weighted by Crippen LogP contribution is -2.38. The van der Waals surface area contributed by atoms with Crippen molar-refractivity contribution in [3.63, 3.8) is 0 Å². The number of carbonyl (C=O) groups is 1. The highest BCUT2D eigenvalue weighted by atomic mass is 16.4. The summed E-state index contributed by atoms with van der Waals surface area (Å²) in [4.78, 5) is 13.8. The summed E-state index contributed by atoms with van der Waals surface area (Å²) in [6.45, 7) is 2.85. The molecule has 4 heteroatoms. The van der Waals surface area contributed by atoms with E-state index >= 15 is 0 Å². The molecular formula is C17H24N2O2. The third-order valence-corrected chi connectivity index (χ3v) is 5.37. The van der Waals surface area contributed by atoms with Crippen LogP contribution in [-0.4, -0.2) is 29.1 Å². The van der Waals surface area contributed by atoms with Crippen LogP contribution in [0.25, 0.3) is 0 Å². The molecule has 0 radical (unpaired) electrons. The van der Waals surface area contributed by atoms with Gasteiger partial charge in [0.15, 0.2) is 0 Å². The maximum absolute atomic E-state index is 11.4. The number of anilines is 1. The van der Waals surface area contributed by atoms with Crippen LogP contribution in [0.4, 0.5) is 5.69 Å². The number of carboxylic acids is 1. The molecule has 21 heavy (non-hydrogen) atoms. The minimum absolute atomic E-state index is 0.277. The molecule has 114 valence electrons. The Morgan fingerprint density at radius 2 is 1.86 bits per heavy atom. The molecule has 4 nitrogen and oxygen atoms in total. The molecular weight excluding hydrogens is 264 g/mol. The summed E-state index contributed by atoms with van der Waals surface area (Å²) in [5, 5.41) is 9.34. The number of nitrogens with zero attached hydrogens (tertiary/aromatic N) is 1. The van der Waals surface area contributed by atoms with Gasteiger partial charge in [-0.25, -0.2) is 4.79 Å². The summed E-state index contributed by atoms with van der Waals surface area (Å²) in [6, 6.07) is 5.40. The molecule has 2 fully saturated rings. The monoisotopic (exact) mass is 288 g/mol. The van der Waals surface area contributed by atoms with Crippen LogP contribution in [-0.2, 0) is 6.54 Å². The Morgan fingerprint density at radius 1 is 1.19 bits per heavy atom. The lowest BCUT2D eigenvalue weighted by Gasteiger charge is -2.39. The number of hydrogen-bond acceptors (Lipinski definition) is 3. The van der Waals surface area contributed by atoms with Crippen LogP contribution in [0.15, 0.2) is 18.2 Å². The fraction of sp³-hybridized carbons (Fsp3) is 0.588. The Labute approximate surface area is 125 Å². The number of nitrogens with two attached hydrogens (primary N) is 1. The molecule has 0 bridgehead atoms. The summed E-state index contributed by atoms with van der Waals surface area (Å²) in [7, 11) is 0. The highest BCUT2D eigenvalue weighted by Gasteiger charge is 2.36. The number of likely N-dealkylation sites (tertiary alicyclic amines) is 1. The number of nitrogen functional groups attached to an aromatic ring is 1. The van der Waals surface area contributed by atoms with Gasteiger partial charge in [-0.2, -0.15) is 0 Å². The van der Waals surface area contributed by atoms with Crippen molar-refractivity contribution in [2.24, 2.45) is 5.41 Å². The van der Waals surface area contributed by atoms with Crippen LogP contribution < -0.4 is 5.73 Å². The fourth-order valence-corrected chi connectivity index (χ4v) is 4.06. The van der Waals surface area contributed by atoms with E-state index in [0.29, 0.717) is 17.6 Å². The van der Waals surface area contributed by atoms with Gasteiger partial charge in [0.25, 0.3) is 0 Å². The summed E-state index contributed by atoms with van der Waals surface area (Å²) in [6.07, 6.45) is 8.07. The molecule has 2 aliphatic rings. The third-order valence-electron chi connectivity index (χ3n) is 5.37. The first-order chi connectivity index (χ1) is 10.1. The summed E-state index contributed by atoms with van der Waals surface area (Å²) in [5.74, 6) is -0.924. The summed E-state index contributed by atoms with van der Waals surface area (Å²) in [5.41, 5.74) is 7.90. The van der Waals surface area contributed by atoms with Gasteiger partial charge < -0.3 is 10.8 Å². The van der Waals surface area contributed by atoms with Crippen LogP contribution in [0.1, 0.15) is 54.4 Å². The fourth-order valence-electron chi connectivity index (χ4n) is 4.06. The number of piperidine rings is 1. The van der Waals surface area contributed by atoms with Crippen LogP contribution in [0, 0.1) is 5.41 Å². The quantitative estimate of drug-likeness (QED) is 0.839. The molecule has 1 saturated carbocycles. The second kappa shape index (κ2) is 5.68. The number of hydrogen-bond donors (Lipinski definition) is 2. The van der Waals surface area contributed by atoms with Crippen LogP contribution in [0.3, 0.4) is 0 Å². The van der Waals surface area contributed by atoms with E-state index in [2.05, 4.69) is 4.90 Å². The normalized spacial score (nSPS) is 21.7. The lowest BCUT2D eigenvalue weighted by molar-refractivity contribution is 0.0692. The van der Waals surface area contributed by atoms with Crippen molar-refractivity contribution in [2.75, 3.05) is 18.8 Å². The zero-order chi connectivity index (χ0) is 14.9. The molecule has 1 aliphatic heterocycles. The highest BCUT2D eigenvalue weighted by molar-refractivity contribution is 5.95. The smallest absolute Gasteiger partial charge is 0.338 e. The van der Waals surface area contributed by atoms with Gasteiger partial charge in [-0.15, -0.1) is 0 Å². The van der Waals surface area contributed by atoms with E-state index in [1.807, 2.05) is 12.1 Å². The van der Waals surface area contributed by atoms with Gasteiger partial charge in [-0.05, 0) is 55.8 Å². The van der Waals surface area contributed by atoms with Gasteiger partial charge >= 0.3 is 5.97 Å². The second-order valence-electron chi connectivity index (χ2n) is 6.67. The van der Waals surface area contributed by atoms with Gasteiger partial charge in [-0.1, -0.05) is 25.0 Å². The minimum Gasteiger partial charge on any atom is -0.478 e. The summed E-state index contributed by atoms with van der Waals surface area (Å²) >= 11 is 0. The Kier molecular flexibility index (Phi) is 3.89. The Bertz CT molecular complexity index is 526. The van der Waals surface area contributed by atoms with Gasteiger partial charge in [0.1, 0.15) is 0 Å². The van der Waals surface area contributed by atoms with Crippen LogP contribution in [0.2, 0.25) is 0 Å². The molecule has 1 aromatic carbocycles. The molecule has 1 heterocycles. The molecule has 1 spiro atoms. The van der Waals surface area contributed by atoms with Gasteiger partial charge in [0.2, 0.25) is 0 Å². The van der Waals surface area contributed by atoms with E-state index in [-0.39, 0.29) is 5.56 Å². The zero-order valence-electron chi connectivity index (χ0n) is 12.5. The molecule has 1 saturated heterocycles. The molecule has 0 amide bonds. The predicted molar refractivity (Wildman–Crippen MR) is 83.2 cm³/mol. The number of carboxylic acid groups (broad SMARTS) is 1. The molecule has 3 rings (SSSR count). The van der Waals surface area contributed by atoms with E-state index in [4.69, 9.17) is 5.73 Å². The largest absolute Gasteiger partial charge is 0.478 e. The molecule has 1 aromatic rings. The number of rotatable bonds is 3. The van der Waals surface area contributed by atoms with Crippen molar-refractivity contribution in [2.45, 2.75) is 45.1 Å². The van der Waals surface area contributed by atoms with Crippen molar-refractivity contribution in [3.05, 3.63) is 29.3 Å². The van der Waals surface area contributed by atoms with Gasteiger partial charge in [0, 0.05) is 12.2 Å². The SMILES string of the molecule is Nc1cccc(CN2CCC3(CCCC3)CC2)c1C(=O)O. The first-order valence-corrected chi connectivity index (χ1v) is 7.93. The average molecular weight is 288 g/mol. The van der Waals surface area contributed by atoms with E-state index in [1.54, 1.807) is 6.07 Å². The predicted octanol–water partition coefficient (Wildman–Crippen LogP) is 3.12. The first kappa shape index (κ1) is 14.4. The van der Waals surface area contributed by atoms with E-state index in [1.165, 1.54) is 38.5 Å². The number of aromatic carboxylic acids is 1. The second-order valence-corrected chi connectivity index (χ2v) is 6.67. The molecule has 3 N–H and O–H groups in total. The van der Waals surface area contributed by atoms with Crippen molar-refractivity contribution in [1.82, 2.24) is 4.90 Å². The van der Waals surface area contributed by atoms with E-state index < -0.39 is 5.97 Å². The molecule has 0 aromatic heterocycles. The molecule has 1 aliphatic carbocycles. The third kappa shape index (κ3) is 2.91. The van der Waals surface area contributed by atoms with Crippen molar-refractivity contribution < 1.29 is 9.90 Å². The number of benzene rings is 1. The molecule has 0 unspecified atom stereocenters. The first-order valence-electron chi connectivity index (χ1n) is 7.93. The minimum atomic E-state index is -0.924. The maximum Gasteiger partial charge on any atom is 0.338 e. The van der Waals surface area contributed by atoms with Crippen LogP contribution >= 0.6 is 0 Å². The highest BCUT2D eigenvalue weighted by Crippen LogP contribution is 2.46. The van der Waals surface area contributed by atoms with Crippen LogP contribution in [0.5, 0.6) is 0 Å². The Balaban J connectivity index is 1.68. The topological polar surface area (TPSA) is 66.6 Å². The summed E-state index contributed by atoms with van der Waals surface area (Å²) < 4.78 is 0. The average Bonchev–Trinajstić information content (AvgIpc) is 2.90. The van der Waals surface area contributed by atoms with E-state index in [9.17, 15) is 9.90 Å². The standard InChI is InChI=1S/C17H24N2O2/c18-14-5-3-4-13(15(14)16(20)21)12-19-10-8-17(9-11-19)6-1-2-7-17/h3-5H,1-2,6-12,18H2,(H,20,21). The zero-order valence-corrected chi connectivity index (χ0v) is 12.5. The Hall–Kier alpha value is -1.55. The van der Waals surface area contributed by atoms with E-state index in [0.717, 1.165) is 18.7 Å². The van der Waals surface area contributed by atoms with Crippen molar-refractivity contribution >= 4 is 11.7 Å².